The Bertz CT molecular complexity index is 595. The number of halogens is 1. The van der Waals surface area contributed by atoms with Gasteiger partial charge in [0.15, 0.2) is 0 Å². The van der Waals surface area contributed by atoms with Crippen LogP contribution in [0.5, 0.6) is 0 Å². The molecule has 0 amide bonds. The summed E-state index contributed by atoms with van der Waals surface area (Å²) < 4.78 is 0. The van der Waals surface area contributed by atoms with Gasteiger partial charge in [0.25, 0.3) is 0 Å². The van der Waals surface area contributed by atoms with Crippen molar-refractivity contribution in [1.82, 2.24) is 4.98 Å². The molecule has 1 aromatic heterocycles. The van der Waals surface area contributed by atoms with Gasteiger partial charge in [-0.3, -0.25) is 4.98 Å². The number of anilines is 2. The van der Waals surface area contributed by atoms with Crippen LogP contribution in [0.1, 0.15) is 23.1 Å². The molecule has 0 N–H and O–H groups in total. The van der Waals surface area contributed by atoms with E-state index in [-0.39, 0.29) is 0 Å². The number of pyridine rings is 1. The predicted molar refractivity (Wildman–Crippen MR) is 80.3 cm³/mol. The molecule has 2 heterocycles. The van der Waals surface area contributed by atoms with Crippen LogP contribution in [0.3, 0.4) is 0 Å². The summed E-state index contributed by atoms with van der Waals surface area (Å²) in [5, 5.41) is 0. The smallest absolute Gasteiger partial charge is 0.0510 e. The van der Waals surface area contributed by atoms with Gasteiger partial charge in [-0.15, -0.1) is 11.6 Å². The zero-order valence-corrected chi connectivity index (χ0v) is 11.8. The minimum absolute atomic E-state index is 0.501. The molecule has 0 saturated carbocycles. The first-order valence-electron chi connectivity index (χ1n) is 6.65. The number of aryl methyl sites for hydroxylation is 2. The fourth-order valence-electron chi connectivity index (χ4n) is 2.76. The molecule has 3 rings (SSSR count). The second-order valence-corrected chi connectivity index (χ2v) is 5.29. The molecule has 0 saturated heterocycles. The largest absolute Gasteiger partial charge is 0.341 e. The second-order valence-electron chi connectivity index (χ2n) is 5.03. The summed E-state index contributed by atoms with van der Waals surface area (Å²) in [5.41, 5.74) is 6.36. The lowest BCUT2D eigenvalue weighted by atomic mass is 9.98. The lowest BCUT2D eigenvalue weighted by molar-refractivity contribution is 0.763. The van der Waals surface area contributed by atoms with Gasteiger partial charge in [0.1, 0.15) is 0 Å². The molecule has 0 radical (unpaired) electrons. The third-order valence-corrected chi connectivity index (χ3v) is 3.95. The van der Waals surface area contributed by atoms with E-state index < -0.39 is 0 Å². The van der Waals surface area contributed by atoms with Crippen molar-refractivity contribution in [2.75, 3.05) is 11.4 Å². The molecule has 0 unspecified atom stereocenters. The highest BCUT2D eigenvalue weighted by Gasteiger charge is 2.20. The van der Waals surface area contributed by atoms with Gasteiger partial charge in [0.05, 0.1) is 5.88 Å². The van der Waals surface area contributed by atoms with Gasteiger partial charge in [-0.1, -0.05) is 17.7 Å². The van der Waals surface area contributed by atoms with Gasteiger partial charge in [-0.05, 0) is 37.5 Å². The van der Waals surface area contributed by atoms with Gasteiger partial charge >= 0.3 is 0 Å². The van der Waals surface area contributed by atoms with E-state index in [0.717, 1.165) is 18.5 Å². The molecule has 2 aromatic rings. The summed E-state index contributed by atoms with van der Waals surface area (Å²) in [7, 11) is 0. The monoisotopic (exact) mass is 272 g/mol. The lowest BCUT2D eigenvalue weighted by Crippen LogP contribution is -2.25. The number of alkyl halides is 1. The topological polar surface area (TPSA) is 16.1 Å². The molecule has 2 nitrogen and oxygen atoms in total. The van der Waals surface area contributed by atoms with Crippen LogP contribution in [-0.4, -0.2) is 11.5 Å². The van der Waals surface area contributed by atoms with Crippen molar-refractivity contribution in [1.29, 1.82) is 0 Å². The fraction of sp³-hybridized carbons (Fsp3) is 0.312. The van der Waals surface area contributed by atoms with Crippen LogP contribution in [0, 0.1) is 6.92 Å². The number of fused-ring (bicyclic) bond motifs is 1. The number of hydrogen-bond acceptors (Lipinski definition) is 2. The molecular formula is C16H17ClN2. The Labute approximate surface area is 119 Å². The highest BCUT2D eigenvalue weighted by molar-refractivity contribution is 6.17. The minimum Gasteiger partial charge on any atom is -0.341 e. The highest BCUT2D eigenvalue weighted by atomic mass is 35.5. The zero-order valence-electron chi connectivity index (χ0n) is 11.1. The average Bonchev–Trinajstić information content (AvgIpc) is 2.46. The van der Waals surface area contributed by atoms with Crippen molar-refractivity contribution >= 4 is 23.0 Å². The first-order chi connectivity index (χ1) is 9.29. The molecule has 98 valence electrons. The highest BCUT2D eigenvalue weighted by Crippen LogP contribution is 2.35. The van der Waals surface area contributed by atoms with Gasteiger partial charge in [0.2, 0.25) is 0 Å². The molecule has 0 bridgehead atoms. The number of benzene rings is 1. The first-order valence-corrected chi connectivity index (χ1v) is 7.19. The van der Waals surface area contributed by atoms with Crippen molar-refractivity contribution in [2.24, 2.45) is 0 Å². The maximum Gasteiger partial charge on any atom is 0.0510 e. The summed E-state index contributed by atoms with van der Waals surface area (Å²) in [6.45, 7) is 3.19. The fourth-order valence-corrected chi connectivity index (χ4v) is 2.97. The van der Waals surface area contributed by atoms with E-state index in [4.69, 9.17) is 11.6 Å². The quantitative estimate of drug-likeness (QED) is 0.761. The zero-order chi connectivity index (χ0) is 13.2. The van der Waals surface area contributed by atoms with E-state index in [1.165, 1.54) is 28.9 Å². The minimum atomic E-state index is 0.501. The van der Waals surface area contributed by atoms with Crippen molar-refractivity contribution in [3.8, 4) is 0 Å². The summed E-state index contributed by atoms with van der Waals surface area (Å²) in [5.74, 6) is 0.501. The van der Waals surface area contributed by atoms with Crippen LogP contribution in [0.4, 0.5) is 11.4 Å². The SMILES string of the molecule is Cc1ccc2c(c1)CCCN2c1ccncc1CCl. The van der Waals surface area contributed by atoms with Gasteiger partial charge < -0.3 is 4.90 Å². The molecule has 0 spiro atoms. The van der Waals surface area contributed by atoms with Gasteiger partial charge in [0, 0.05) is 35.9 Å². The van der Waals surface area contributed by atoms with E-state index in [1.807, 2.05) is 12.4 Å². The Kier molecular flexibility index (Phi) is 3.43. The van der Waals surface area contributed by atoms with Crippen LogP contribution in [0.25, 0.3) is 0 Å². The molecular weight excluding hydrogens is 256 g/mol. The Morgan fingerprint density at radius 2 is 2.16 bits per heavy atom. The predicted octanol–water partition coefficient (Wildman–Crippen LogP) is 4.21. The molecule has 19 heavy (non-hydrogen) atoms. The summed E-state index contributed by atoms with van der Waals surface area (Å²) >= 11 is 6.04. The molecule has 0 aliphatic carbocycles. The molecule has 0 fully saturated rings. The molecule has 0 atom stereocenters. The molecule has 1 aromatic carbocycles. The van der Waals surface area contributed by atoms with E-state index in [2.05, 4.69) is 41.1 Å². The van der Waals surface area contributed by atoms with Crippen molar-refractivity contribution in [2.45, 2.75) is 25.6 Å². The maximum atomic E-state index is 6.04. The van der Waals surface area contributed by atoms with Crippen LogP contribution in [-0.2, 0) is 12.3 Å². The van der Waals surface area contributed by atoms with Crippen LogP contribution < -0.4 is 4.90 Å². The van der Waals surface area contributed by atoms with Crippen molar-refractivity contribution < 1.29 is 0 Å². The second kappa shape index (κ2) is 5.22. The lowest BCUT2D eigenvalue weighted by Gasteiger charge is -2.32. The Hall–Kier alpha value is -1.54. The molecule has 1 aliphatic heterocycles. The third kappa shape index (κ3) is 2.33. The first kappa shape index (κ1) is 12.5. The summed E-state index contributed by atoms with van der Waals surface area (Å²) in [4.78, 5) is 6.54. The van der Waals surface area contributed by atoms with Crippen LogP contribution >= 0.6 is 11.6 Å². The van der Waals surface area contributed by atoms with Crippen LogP contribution in [0.2, 0.25) is 0 Å². The number of nitrogens with zero attached hydrogens (tertiary/aromatic N) is 2. The number of aromatic nitrogens is 1. The van der Waals surface area contributed by atoms with Gasteiger partial charge in [-0.25, -0.2) is 0 Å². The Morgan fingerprint density at radius 3 is 3.00 bits per heavy atom. The van der Waals surface area contributed by atoms with E-state index in [0.29, 0.717) is 5.88 Å². The standard InChI is InChI=1S/C16H17ClN2/c1-12-4-5-15-13(9-12)3-2-8-19(15)16-6-7-18-11-14(16)10-17/h4-7,9,11H,2-3,8,10H2,1H3. The summed E-state index contributed by atoms with van der Waals surface area (Å²) in [6, 6.07) is 8.76. The molecule has 1 aliphatic rings. The van der Waals surface area contributed by atoms with E-state index in [9.17, 15) is 0 Å². The molecule has 3 heteroatoms. The van der Waals surface area contributed by atoms with Gasteiger partial charge in [-0.2, -0.15) is 0 Å². The maximum absolute atomic E-state index is 6.04. The van der Waals surface area contributed by atoms with E-state index >= 15 is 0 Å². The summed E-state index contributed by atoms with van der Waals surface area (Å²) in [6.07, 6.45) is 6.05. The van der Waals surface area contributed by atoms with Crippen molar-refractivity contribution in [3.05, 3.63) is 53.3 Å². The van der Waals surface area contributed by atoms with E-state index in [1.54, 1.807) is 0 Å². The number of rotatable bonds is 2. The Balaban J connectivity index is 2.08. The number of hydrogen-bond donors (Lipinski definition) is 0. The Morgan fingerprint density at radius 1 is 1.26 bits per heavy atom. The van der Waals surface area contributed by atoms with Crippen molar-refractivity contribution in [3.63, 3.8) is 0 Å². The third-order valence-electron chi connectivity index (χ3n) is 3.67. The van der Waals surface area contributed by atoms with Crippen LogP contribution in [0.15, 0.2) is 36.7 Å². The average molecular weight is 273 g/mol. The normalized spacial score (nSPS) is 14.3.